The zero-order valence-corrected chi connectivity index (χ0v) is 17.2. The van der Waals surface area contributed by atoms with Gasteiger partial charge in [-0.15, -0.1) is 11.3 Å². The molecule has 1 N–H and O–H groups in total. The Bertz CT molecular complexity index is 1160. The van der Waals surface area contributed by atoms with Crippen molar-refractivity contribution >= 4 is 56.3 Å². The van der Waals surface area contributed by atoms with Gasteiger partial charge in [-0.3, -0.25) is 9.59 Å². The van der Waals surface area contributed by atoms with Crippen LogP contribution in [0, 0.1) is 12.8 Å². The maximum Gasteiger partial charge on any atom is 0.416 e. The monoisotopic (exact) mass is 453 g/mol. The topological polar surface area (TPSA) is 62.3 Å². The average Bonchev–Trinajstić information content (AvgIpc) is 3.23. The van der Waals surface area contributed by atoms with Gasteiger partial charge in [-0.25, -0.2) is 4.98 Å². The van der Waals surface area contributed by atoms with E-state index < -0.39 is 23.6 Å². The van der Waals surface area contributed by atoms with Crippen molar-refractivity contribution in [3.8, 4) is 0 Å². The Labute approximate surface area is 178 Å². The minimum Gasteiger partial charge on any atom is -0.324 e. The quantitative estimate of drug-likeness (QED) is 0.587. The predicted octanol–water partition coefficient (Wildman–Crippen LogP) is 5.27. The number of fused-ring (bicyclic) bond motifs is 1. The Morgan fingerprint density at radius 1 is 1.27 bits per heavy atom. The van der Waals surface area contributed by atoms with Gasteiger partial charge in [-0.05, 0) is 43.3 Å². The first kappa shape index (κ1) is 20.6. The number of nitrogens with zero attached hydrogens (tertiary/aromatic N) is 2. The molecule has 0 aliphatic carbocycles. The number of carbonyl (C=O) groups excluding carboxylic acids is 2. The lowest BCUT2D eigenvalue weighted by atomic mass is 10.1. The van der Waals surface area contributed by atoms with Gasteiger partial charge in [0.1, 0.15) is 0 Å². The van der Waals surface area contributed by atoms with Gasteiger partial charge in [0.05, 0.1) is 37.4 Å². The van der Waals surface area contributed by atoms with E-state index in [2.05, 4.69) is 10.3 Å². The molecule has 0 spiro atoms. The fourth-order valence-electron chi connectivity index (χ4n) is 3.36. The number of anilines is 2. The van der Waals surface area contributed by atoms with Crippen LogP contribution < -0.4 is 10.2 Å². The number of carbonyl (C=O) groups is 2. The molecule has 2 heterocycles. The summed E-state index contributed by atoms with van der Waals surface area (Å²) in [5.74, 6) is -1.51. The normalized spacial score (nSPS) is 17.0. The van der Waals surface area contributed by atoms with Crippen LogP contribution in [0.1, 0.15) is 17.0 Å². The van der Waals surface area contributed by atoms with Crippen molar-refractivity contribution in [3.05, 3.63) is 52.0 Å². The number of amides is 2. The van der Waals surface area contributed by atoms with Crippen molar-refractivity contribution in [2.45, 2.75) is 19.5 Å². The molecule has 1 unspecified atom stereocenters. The van der Waals surface area contributed by atoms with Crippen LogP contribution >= 0.6 is 22.9 Å². The highest BCUT2D eigenvalue weighted by Gasteiger charge is 2.36. The number of hydrogen-bond donors (Lipinski definition) is 1. The summed E-state index contributed by atoms with van der Waals surface area (Å²) in [5.41, 5.74) is 0.344. The van der Waals surface area contributed by atoms with Gasteiger partial charge in [0.25, 0.3) is 0 Å². The van der Waals surface area contributed by atoms with E-state index in [4.69, 9.17) is 11.6 Å². The summed E-state index contributed by atoms with van der Waals surface area (Å²) < 4.78 is 39.8. The molecule has 1 atom stereocenters. The van der Waals surface area contributed by atoms with Crippen molar-refractivity contribution in [2.75, 3.05) is 16.8 Å². The van der Waals surface area contributed by atoms with Crippen LogP contribution in [0.25, 0.3) is 10.2 Å². The van der Waals surface area contributed by atoms with Gasteiger partial charge in [0.2, 0.25) is 11.8 Å². The van der Waals surface area contributed by atoms with E-state index >= 15 is 0 Å². The van der Waals surface area contributed by atoms with Crippen molar-refractivity contribution in [1.29, 1.82) is 0 Å². The van der Waals surface area contributed by atoms with E-state index in [9.17, 15) is 22.8 Å². The summed E-state index contributed by atoms with van der Waals surface area (Å²) >= 11 is 7.49. The number of halogens is 4. The zero-order chi connectivity index (χ0) is 21.6. The maximum absolute atomic E-state index is 12.9. The van der Waals surface area contributed by atoms with E-state index in [1.165, 1.54) is 4.90 Å². The van der Waals surface area contributed by atoms with Gasteiger partial charge in [-0.2, -0.15) is 13.2 Å². The molecule has 30 heavy (non-hydrogen) atoms. The van der Waals surface area contributed by atoms with E-state index in [1.807, 2.05) is 13.0 Å². The minimum absolute atomic E-state index is 0.0121. The fraction of sp³-hybridized carbons (Fsp3) is 0.250. The molecule has 4 rings (SSSR count). The van der Waals surface area contributed by atoms with Gasteiger partial charge in [0, 0.05) is 18.7 Å². The molecule has 156 valence electrons. The van der Waals surface area contributed by atoms with Crippen LogP contribution in [0.4, 0.5) is 24.5 Å². The Balaban J connectivity index is 1.51. The van der Waals surface area contributed by atoms with Crippen LogP contribution in [0.3, 0.4) is 0 Å². The number of alkyl halides is 3. The molecule has 2 amide bonds. The second-order valence-corrected chi connectivity index (χ2v) is 8.61. The third kappa shape index (κ3) is 3.99. The molecule has 10 heteroatoms. The number of nitrogens with one attached hydrogen (secondary N) is 1. The molecule has 5 nitrogen and oxygen atoms in total. The van der Waals surface area contributed by atoms with Gasteiger partial charge in [-0.1, -0.05) is 11.6 Å². The lowest BCUT2D eigenvalue weighted by Gasteiger charge is -2.17. The molecule has 3 aromatic rings. The summed E-state index contributed by atoms with van der Waals surface area (Å²) in [6.07, 6.45) is -4.60. The smallest absolute Gasteiger partial charge is 0.324 e. The molecule has 0 radical (unpaired) electrons. The Hall–Kier alpha value is -2.65. The third-order valence-electron chi connectivity index (χ3n) is 4.84. The first-order chi connectivity index (χ1) is 14.1. The van der Waals surface area contributed by atoms with E-state index in [0.717, 1.165) is 33.4 Å². The van der Waals surface area contributed by atoms with Crippen molar-refractivity contribution in [1.82, 2.24) is 4.98 Å². The number of benzene rings is 2. The molecule has 1 aliphatic heterocycles. The number of hydrogen-bond acceptors (Lipinski definition) is 4. The van der Waals surface area contributed by atoms with Crippen LogP contribution in [0.5, 0.6) is 0 Å². The fourth-order valence-corrected chi connectivity index (χ4v) is 4.34. The number of aryl methyl sites for hydroxylation is 1. The van der Waals surface area contributed by atoms with Crippen molar-refractivity contribution in [3.63, 3.8) is 0 Å². The lowest BCUT2D eigenvalue weighted by molar-refractivity contribution is -0.137. The highest BCUT2D eigenvalue weighted by atomic mass is 35.5. The largest absolute Gasteiger partial charge is 0.416 e. The highest BCUT2D eigenvalue weighted by Crippen LogP contribution is 2.35. The molecule has 1 saturated heterocycles. The number of rotatable bonds is 3. The molecule has 1 aliphatic rings. The maximum atomic E-state index is 12.9. The molecule has 2 aromatic carbocycles. The summed E-state index contributed by atoms with van der Waals surface area (Å²) in [7, 11) is 0. The highest BCUT2D eigenvalue weighted by molar-refractivity contribution is 7.18. The Morgan fingerprint density at radius 3 is 2.77 bits per heavy atom. The zero-order valence-electron chi connectivity index (χ0n) is 15.6. The SMILES string of the molecule is Cc1nc2cc(N3CC(C(=O)Nc4cc(C(F)(F)F)ccc4Cl)CC3=O)ccc2s1. The summed E-state index contributed by atoms with van der Waals surface area (Å²) in [6.45, 7) is 2.01. The lowest BCUT2D eigenvalue weighted by Crippen LogP contribution is -2.28. The first-order valence-electron chi connectivity index (χ1n) is 8.97. The molecular formula is C20H15ClF3N3O2S. The van der Waals surface area contributed by atoms with Crippen molar-refractivity contribution in [2.24, 2.45) is 5.92 Å². The van der Waals surface area contributed by atoms with Crippen LogP contribution in [0.15, 0.2) is 36.4 Å². The van der Waals surface area contributed by atoms with Crippen LogP contribution in [-0.4, -0.2) is 23.3 Å². The standard InChI is InChI=1S/C20H15ClF3N3O2S/c1-10-25-16-8-13(3-5-17(16)30-10)27-9-11(6-18(27)28)19(29)26-15-7-12(20(22,23)24)2-4-14(15)21/h2-5,7-8,11H,6,9H2,1H3,(H,26,29). The second-order valence-electron chi connectivity index (χ2n) is 6.97. The number of thiazole rings is 1. The van der Waals surface area contributed by atoms with Crippen LogP contribution in [-0.2, 0) is 15.8 Å². The van der Waals surface area contributed by atoms with Gasteiger partial charge >= 0.3 is 6.18 Å². The first-order valence-corrected chi connectivity index (χ1v) is 10.2. The Morgan fingerprint density at radius 2 is 2.03 bits per heavy atom. The molecule has 1 fully saturated rings. The summed E-state index contributed by atoms with van der Waals surface area (Å²) in [6, 6.07) is 8.17. The molecule has 0 bridgehead atoms. The summed E-state index contributed by atoms with van der Waals surface area (Å²) in [4.78, 5) is 31.0. The Kier molecular flexibility index (Phi) is 5.19. The second kappa shape index (κ2) is 7.55. The van der Waals surface area contributed by atoms with Gasteiger partial charge < -0.3 is 10.2 Å². The third-order valence-corrected chi connectivity index (χ3v) is 6.12. The van der Waals surface area contributed by atoms with Crippen molar-refractivity contribution < 1.29 is 22.8 Å². The number of aromatic nitrogens is 1. The van der Waals surface area contributed by atoms with E-state index in [1.54, 1.807) is 23.5 Å². The predicted molar refractivity (Wildman–Crippen MR) is 110 cm³/mol. The van der Waals surface area contributed by atoms with Crippen LogP contribution in [0.2, 0.25) is 5.02 Å². The van der Waals surface area contributed by atoms with E-state index in [-0.39, 0.29) is 29.6 Å². The molecular weight excluding hydrogens is 439 g/mol. The van der Waals surface area contributed by atoms with Gasteiger partial charge in [0.15, 0.2) is 0 Å². The molecule has 1 aromatic heterocycles. The molecule has 0 saturated carbocycles. The summed E-state index contributed by atoms with van der Waals surface area (Å²) in [5, 5.41) is 3.33. The van der Waals surface area contributed by atoms with E-state index in [0.29, 0.717) is 5.69 Å². The average molecular weight is 454 g/mol. The minimum atomic E-state index is -4.56.